The highest BCUT2D eigenvalue weighted by Crippen LogP contribution is 2.20. The van der Waals surface area contributed by atoms with Gasteiger partial charge in [0.25, 0.3) is 10.0 Å². The number of benzene rings is 3. The van der Waals surface area contributed by atoms with E-state index in [1.54, 1.807) is 43.5 Å². The molecule has 3 aromatic carbocycles. The highest BCUT2D eigenvalue weighted by molar-refractivity contribution is 7.92. The van der Waals surface area contributed by atoms with Crippen molar-refractivity contribution in [1.82, 2.24) is 0 Å². The second-order valence-electron chi connectivity index (χ2n) is 5.81. The summed E-state index contributed by atoms with van der Waals surface area (Å²) in [6.45, 7) is 0. The van der Waals surface area contributed by atoms with Crippen molar-refractivity contribution in [2.75, 3.05) is 22.5 Å². The summed E-state index contributed by atoms with van der Waals surface area (Å²) in [6.07, 6.45) is 0. The number of sulfonamides is 1. The Morgan fingerprint density at radius 2 is 1.46 bits per heavy atom. The molecule has 8 heteroatoms. The van der Waals surface area contributed by atoms with E-state index in [9.17, 15) is 8.42 Å². The minimum atomic E-state index is -3.71. The molecule has 0 aliphatic carbocycles. The average molecular weight is 414 g/mol. The number of hydrogen-bond acceptors (Lipinski definition) is 4. The molecule has 0 spiro atoms. The highest BCUT2D eigenvalue weighted by atomic mass is 32.2. The van der Waals surface area contributed by atoms with Crippen molar-refractivity contribution in [3.8, 4) is 5.75 Å². The monoisotopic (exact) mass is 413 g/mol. The van der Waals surface area contributed by atoms with Gasteiger partial charge in [-0.2, -0.15) is 0 Å². The second-order valence-corrected chi connectivity index (χ2v) is 7.90. The summed E-state index contributed by atoms with van der Waals surface area (Å²) in [5, 5.41) is 6.37. The maximum absolute atomic E-state index is 12.6. The van der Waals surface area contributed by atoms with Gasteiger partial charge in [-0.15, -0.1) is 0 Å². The molecule has 0 aromatic heterocycles. The van der Waals surface area contributed by atoms with E-state index in [0.29, 0.717) is 16.5 Å². The summed E-state index contributed by atoms with van der Waals surface area (Å²) in [6, 6.07) is 22.4. The molecule has 0 fully saturated rings. The highest BCUT2D eigenvalue weighted by Gasteiger charge is 2.14. The average Bonchev–Trinajstić information content (AvgIpc) is 2.69. The fourth-order valence-corrected chi connectivity index (χ4v) is 3.77. The summed E-state index contributed by atoms with van der Waals surface area (Å²) in [7, 11) is -2.11. The molecule has 144 valence electrons. The molecule has 0 radical (unpaired) electrons. The van der Waals surface area contributed by atoms with Crippen LogP contribution in [0, 0.1) is 0 Å². The third kappa shape index (κ3) is 5.21. The summed E-state index contributed by atoms with van der Waals surface area (Å²) >= 11 is 5.30. The summed E-state index contributed by atoms with van der Waals surface area (Å²) in [4.78, 5) is 0.133. The van der Waals surface area contributed by atoms with Crippen molar-refractivity contribution < 1.29 is 13.2 Å². The Balaban J connectivity index is 1.69. The largest absolute Gasteiger partial charge is 0.497 e. The number of anilines is 3. The van der Waals surface area contributed by atoms with Gasteiger partial charge in [0, 0.05) is 17.1 Å². The molecule has 0 saturated heterocycles. The van der Waals surface area contributed by atoms with Crippen LogP contribution >= 0.6 is 12.2 Å². The van der Waals surface area contributed by atoms with E-state index in [-0.39, 0.29) is 4.90 Å². The fourth-order valence-electron chi connectivity index (χ4n) is 2.43. The number of thiocarbonyl (C=S) groups is 1. The summed E-state index contributed by atoms with van der Waals surface area (Å²) in [5.74, 6) is 0.744. The van der Waals surface area contributed by atoms with Crippen LogP contribution in [0.25, 0.3) is 0 Å². The first kappa shape index (κ1) is 19.7. The predicted octanol–water partition coefficient (Wildman–Crippen LogP) is 4.30. The first-order valence-electron chi connectivity index (χ1n) is 8.36. The topological polar surface area (TPSA) is 79.5 Å². The van der Waals surface area contributed by atoms with Crippen LogP contribution in [-0.4, -0.2) is 20.6 Å². The van der Waals surface area contributed by atoms with Crippen molar-refractivity contribution in [2.24, 2.45) is 0 Å². The molecule has 0 atom stereocenters. The zero-order valence-corrected chi connectivity index (χ0v) is 16.7. The van der Waals surface area contributed by atoms with Gasteiger partial charge in [0.1, 0.15) is 5.75 Å². The van der Waals surface area contributed by atoms with Crippen LogP contribution in [0.3, 0.4) is 0 Å². The lowest BCUT2D eigenvalue weighted by molar-refractivity contribution is 0.415. The molecule has 6 nitrogen and oxygen atoms in total. The molecule has 0 bridgehead atoms. The Labute approximate surface area is 169 Å². The van der Waals surface area contributed by atoms with Gasteiger partial charge in [-0.1, -0.05) is 24.3 Å². The van der Waals surface area contributed by atoms with Crippen LogP contribution in [0.1, 0.15) is 0 Å². The zero-order valence-electron chi connectivity index (χ0n) is 15.0. The molecule has 28 heavy (non-hydrogen) atoms. The minimum Gasteiger partial charge on any atom is -0.497 e. The van der Waals surface area contributed by atoms with E-state index in [4.69, 9.17) is 17.0 Å². The smallest absolute Gasteiger partial charge is 0.261 e. The number of para-hydroxylation sites is 1. The molecule has 0 saturated carbocycles. The van der Waals surface area contributed by atoms with Crippen molar-refractivity contribution in [1.29, 1.82) is 0 Å². The molecular weight excluding hydrogens is 394 g/mol. The first-order valence-corrected chi connectivity index (χ1v) is 10.3. The zero-order chi connectivity index (χ0) is 20.0. The number of ether oxygens (including phenoxy) is 1. The van der Waals surface area contributed by atoms with Crippen molar-refractivity contribution in [2.45, 2.75) is 4.90 Å². The van der Waals surface area contributed by atoms with E-state index in [1.165, 1.54) is 12.1 Å². The van der Waals surface area contributed by atoms with Gasteiger partial charge in [0.15, 0.2) is 5.11 Å². The van der Waals surface area contributed by atoms with Crippen LogP contribution in [0.4, 0.5) is 17.1 Å². The second kappa shape index (κ2) is 8.73. The van der Waals surface area contributed by atoms with Crippen LogP contribution in [0.15, 0.2) is 83.8 Å². The predicted molar refractivity (Wildman–Crippen MR) is 117 cm³/mol. The van der Waals surface area contributed by atoms with E-state index in [0.717, 1.165) is 11.4 Å². The Bertz CT molecular complexity index is 1050. The van der Waals surface area contributed by atoms with E-state index in [2.05, 4.69) is 15.4 Å². The summed E-state index contributed by atoms with van der Waals surface area (Å²) < 4.78 is 32.9. The first-order chi connectivity index (χ1) is 13.5. The molecule has 0 aliphatic heterocycles. The van der Waals surface area contributed by atoms with Crippen LogP contribution < -0.4 is 20.1 Å². The molecule has 3 aromatic rings. The lowest BCUT2D eigenvalue weighted by Gasteiger charge is -2.13. The van der Waals surface area contributed by atoms with Gasteiger partial charge >= 0.3 is 0 Å². The fraction of sp³-hybridized carbons (Fsp3) is 0.0500. The van der Waals surface area contributed by atoms with Gasteiger partial charge in [0.05, 0.1) is 12.0 Å². The lowest BCUT2D eigenvalue weighted by Crippen LogP contribution is -2.19. The molecule has 0 aliphatic rings. The van der Waals surface area contributed by atoms with Crippen LogP contribution in [0.5, 0.6) is 5.75 Å². The standard InChI is InChI=1S/C20H19N3O3S2/c1-26-18-12-10-15(11-13-18)21-20(27)22-17-8-5-9-19(14-17)28(24,25)23-16-6-3-2-4-7-16/h2-14,23H,1H3,(H2,21,22,27). The number of nitrogens with one attached hydrogen (secondary N) is 3. The van der Waals surface area contributed by atoms with Gasteiger partial charge in [-0.3, -0.25) is 4.72 Å². The van der Waals surface area contributed by atoms with Gasteiger partial charge < -0.3 is 15.4 Å². The Morgan fingerprint density at radius 3 is 2.14 bits per heavy atom. The maximum atomic E-state index is 12.6. The number of hydrogen-bond donors (Lipinski definition) is 3. The van der Waals surface area contributed by atoms with E-state index >= 15 is 0 Å². The van der Waals surface area contributed by atoms with Crippen molar-refractivity contribution in [3.63, 3.8) is 0 Å². The SMILES string of the molecule is COc1ccc(NC(=S)Nc2cccc(S(=O)(=O)Nc3ccccc3)c2)cc1. The molecular formula is C20H19N3O3S2. The number of rotatable bonds is 6. The molecule has 0 unspecified atom stereocenters. The van der Waals surface area contributed by atoms with Gasteiger partial charge in [-0.05, 0) is 66.8 Å². The molecule has 3 N–H and O–H groups in total. The van der Waals surface area contributed by atoms with Gasteiger partial charge in [0.2, 0.25) is 0 Å². The Hall–Kier alpha value is -3.10. The minimum absolute atomic E-state index is 0.133. The van der Waals surface area contributed by atoms with E-state index in [1.807, 2.05) is 30.3 Å². The maximum Gasteiger partial charge on any atom is 0.261 e. The quantitative estimate of drug-likeness (QED) is 0.523. The van der Waals surface area contributed by atoms with Gasteiger partial charge in [-0.25, -0.2) is 8.42 Å². The molecule has 0 heterocycles. The molecule has 3 rings (SSSR count). The van der Waals surface area contributed by atoms with Crippen LogP contribution in [0.2, 0.25) is 0 Å². The lowest BCUT2D eigenvalue weighted by atomic mass is 10.3. The molecule has 0 amide bonds. The van der Waals surface area contributed by atoms with Crippen LogP contribution in [-0.2, 0) is 10.0 Å². The normalized spacial score (nSPS) is 10.8. The summed E-state index contributed by atoms with van der Waals surface area (Å²) in [5.41, 5.74) is 1.84. The van der Waals surface area contributed by atoms with Crippen molar-refractivity contribution >= 4 is 44.4 Å². The third-order valence-electron chi connectivity index (χ3n) is 3.78. The Morgan fingerprint density at radius 1 is 0.821 bits per heavy atom. The van der Waals surface area contributed by atoms with Crippen molar-refractivity contribution in [3.05, 3.63) is 78.9 Å². The Kier molecular flexibility index (Phi) is 6.13. The number of methoxy groups -OCH3 is 1. The van der Waals surface area contributed by atoms with E-state index < -0.39 is 10.0 Å². The third-order valence-corrected chi connectivity index (χ3v) is 5.36.